The highest BCUT2D eigenvalue weighted by Crippen LogP contribution is 2.16. The number of ether oxygens (including phenoxy) is 1. The molecule has 0 atom stereocenters. The van der Waals surface area contributed by atoms with Crippen molar-refractivity contribution < 1.29 is 4.74 Å². The molecule has 64 valence electrons. The molecule has 0 saturated carbocycles. The molecule has 2 rings (SSSR count). The van der Waals surface area contributed by atoms with Gasteiger partial charge in [-0.25, -0.2) is 9.29 Å². The molecule has 0 N–H and O–H groups in total. The van der Waals surface area contributed by atoms with Crippen molar-refractivity contribution >= 4 is 12.8 Å². The van der Waals surface area contributed by atoms with E-state index in [1.807, 2.05) is 22.5 Å². The molecule has 0 radical (unpaired) electrons. The minimum absolute atomic E-state index is 0.261. The molecule has 0 spiro atoms. The molecule has 1 aromatic heterocycles. The van der Waals surface area contributed by atoms with Gasteiger partial charge in [0.2, 0.25) is 5.88 Å². The van der Waals surface area contributed by atoms with Crippen molar-refractivity contribution in [2.24, 2.45) is 0 Å². The summed E-state index contributed by atoms with van der Waals surface area (Å²) in [7, 11) is 0. The van der Waals surface area contributed by atoms with Crippen LogP contribution in [0.5, 0.6) is 5.88 Å². The summed E-state index contributed by atoms with van der Waals surface area (Å²) in [5, 5.41) is 0. The summed E-state index contributed by atoms with van der Waals surface area (Å²) < 4.78 is 7.43. The van der Waals surface area contributed by atoms with Crippen LogP contribution in [0.25, 0.3) is 0 Å². The molecule has 1 fully saturated rings. The summed E-state index contributed by atoms with van der Waals surface area (Å²) in [5.74, 6) is 0.698. The Morgan fingerprint density at radius 1 is 1.50 bits per heavy atom. The standard InChI is InChI=1S/C8H10N2OS/c12-10-5-7(6-10)11-8-3-1-2-4-9-8/h1-4,7,12H,5-6H2. The lowest BCUT2D eigenvalue weighted by molar-refractivity contribution is 0.0808. The van der Waals surface area contributed by atoms with Crippen LogP contribution in [0.3, 0.4) is 0 Å². The van der Waals surface area contributed by atoms with E-state index in [-0.39, 0.29) is 6.10 Å². The van der Waals surface area contributed by atoms with Crippen molar-refractivity contribution in [1.82, 2.24) is 9.29 Å². The van der Waals surface area contributed by atoms with Gasteiger partial charge in [0.15, 0.2) is 0 Å². The van der Waals surface area contributed by atoms with Crippen molar-refractivity contribution in [2.75, 3.05) is 13.1 Å². The first kappa shape index (κ1) is 7.89. The average molecular weight is 182 g/mol. The molecule has 1 aliphatic heterocycles. The lowest BCUT2D eigenvalue weighted by atomic mass is 10.2. The Hall–Kier alpha value is -0.740. The fourth-order valence-corrected chi connectivity index (χ4v) is 1.44. The van der Waals surface area contributed by atoms with Crippen LogP contribution >= 0.6 is 12.8 Å². The number of hydrogen-bond acceptors (Lipinski definition) is 4. The van der Waals surface area contributed by atoms with Crippen LogP contribution in [-0.2, 0) is 0 Å². The summed E-state index contributed by atoms with van der Waals surface area (Å²) >= 11 is 4.14. The first-order chi connectivity index (χ1) is 5.84. The molecule has 0 aromatic carbocycles. The molecule has 12 heavy (non-hydrogen) atoms. The van der Waals surface area contributed by atoms with Crippen molar-refractivity contribution in [3.8, 4) is 5.88 Å². The van der Waals surface area contributed by atoms with Crippen LogP contribution < -0.4 is 4.74 Å². The van der Waals surface area contributed by atoms with Crippen molar-refractivity contribution in [1.29, 1.82) is 0 Å². The van der Waals surface area contributed by atoms with E-state index in [1.165, 1.54) is 0 Å². The molecule has 4 heteroatoms. The zero-order valence-electron chi connectivity index (χ0n) is 6.55. The van der Waals surface area contributed by atoms with E-state index in [1.54, 1.807) is 6.20 Å². The minimum atomic E-state index is 0.261. The van der Waals surface area contributed by atoms with Crippen molar-refractivity contribution in [3.63, 3.8) is 0 Å². The fourth-order valence-electron chi connectivity index (χ4n) is 1.08. The van der Waals surface area contributed by atoms with Crippen LogP contribution in [0.15, 0.2) is 24.4 Å². The molecule has 1 aliphatic rings. The SMILES string of the molecule is SN1CC(Oc2ccccn2)C1. The van der Waals surface area contributed by atoms with Gasteiger partial charge in [-0.2, -0.15) is 0 Å². The minimum Gasteiger partial charge on any atom is -0.472 e. The lowest BCUT2D eigenvalue weighted by Gasteiger charge is -2.34. The quantitative estimate of drug-likeness (QED) is 0.690. The summed E-state index contributed by atoms with van der Waals surface area (Å²) in [6.45, 7) is 1.75. The van der Waals surface area contributed by atoms with E-state index in [0.717, 1.165) is 13.1 Å². The number of thiol groups is 1. The van der Waals surface area contributed by atoms with Gasteiger partial charge in [0.1, 0.15) is 6.10 Å². The van der Waals surface area contributed by atoms with Gasteiger partial charge in [-0.05, 0) is 6.07 Å². The first-order valence-electron chi connectivity index (χ1n) is 3.86. The summed E-state index contributed by atoms with van der Waals surface area (Å²) in [6, 6.07) is 5.65. The molecule has 1 aromatic rings. The summed E-state index contributed by atoms with van der Waals surface area (Å²) in [4.78, 5) is 4.06. The van der Waals surface area contributed by atoms with Gasteiger partial charge in [0.05, 0.1) is 0 Å². The normalized spacial score (nSPS) is 18.8. The van der Waals surface area contributed by atoms with E-state index in [2.05, 4.69) is 17.8 Å². The van der Waals surface area contributed by atoms with E-state index in [9.17, 15) is 0 Å². The van der Waals surface area contributed by atoms with Crippen LogP contribution in [0.4, 0.5) is 0 Å². The third-order valence-corrected chi connectivity index (χ3v) is 2.08. The molecule has 2 heterocycles. The fraction of sp³-hybridized carbons (Fsp3) is 0.375. The highest BCUT2D eigenvalue weighted by Gasteiger charge is 2.25. The Bertz CT molecular complexity index is 248. The Balaban J connectivity index is 1.88. The maximum absolute atomic E-state index is 5.52. The van der Waals surface area contributed by atoms with Gasteiger partial charge in [-0.1, -0.05) is 18.9 Å². The second kappa shape index (κ2) is 3.33. The maximum Gasteiger partial charge on any atom is 0.213 e. The Labute approximate surface area is 76.9 Å². The monoisotopic (exact) mass is 182 g/mol. The first-order valence-corrected chi connectivity index (χ1v) is 4.26. The average Bonchev–Trinajstić information content (AvgIpc) is 2.04. The molecular formula is C8H10N2OS. The third kappa shape index (κ3) is 1.70. The summed E-state index contributed by atoms with van der Waals surface area (Å²) in [5.41, 5.74) is 0. The van der Waals surface area contributed by atoms with E-state index < -0.39 is 0 Å². The van der Waals surface area contributed by atoms with Crippen LogP contribution in [0, 0.1) is 0 Å². The highest BCUT2D eigenvalue weighted by atomic mass is 32.1. The third-order valence-electron chi connectivity index (χ3n) is 1.75. The van der Waals surface area contributed by atoms with Gasteiger partial charge in [0.25, 0.3) is 0 Å². The number of aromatic nitrogens is 1. The van der Waals surface area contributed by atoms with Gasteiger partial charge in [-0.3, -0.25) is 0 Å². The van der Waals surface area contributed by atoms with E-state index >= 15 is 0 Å². The largest absolute Gasteiger partial charge is 0.472 e. The second-order valence-electron chi connectivity index (χ2n) is 2.78. The smallest absolute Gasteiger partial charge is 0.213 e. The molecule has 0 bridgehead atoms. The Morgan fingerprint density at radius 2 is 2.33 bits per heavy atom. The molecule has 0 aliphatic carbocycles. The van der Waals surface area contributed by atoms with Gasteiger partial charge >= 0.3 is 0 Å². The van der Waals surface area contributed by atoms with Crippen LogP contribution in [0.1, 0.15) is 0 Å². The number of hydrogen-bond donors (Lipinski definition) is 1. The molecular weight excluding hydrogens is 172 g/mol. The summed E-state index contributed by atoms with van der Waals surface area (Å²) in [6.07, 6.45) is 1.99. The van der Waals surface area contributed by atoms with Crippen LogP contribution in [-0.4, -0.2) is 28.5 Å². The van der Waals surface area contributed by atoms with Crippen molar-refractivity contribution in [2.45, 2.75) is 6.10 Å². The Morgan fingerprint density at radius 3 is 2.92 bits per heavy atom. The number of rotatable bonds is 2. The zero-order chi connectivity index (χ0) is 8.39. The predicted octanol–water partition coefficient (Wildman–Crippen LogP) is 0.989. The van der Waals surface area contributed by atoms with E-state index in [4.69, 9.17) is 4.74 Å². The molecule has 0 unspecified atom stereocenters. The van der Waals surface area contributed by atoms with Crippen LogP contribution in [0.2, 0.25) is 0 Å². The zero-order valence-corrected chi connectivity index (χ0v) is 7.45. The van der Waals surface area contributed by atoms with Gasteiger partial charge < -0.3 is 4.74 Å². The highest BCUT2D eigenvalue weighted by molar-refractivity contribution is 7.77. The second-order valence-corrected chi connectivity index (χ2v) is 3.35. The topological polar surface area (TPSA) is 25.4 Å². The van der Waals surface area contributed by atoms with Crippen molar-refractivity contribution in [3.05, 3.63) is 24.4 Å². The van der Waals surface area contributed by atoms with Gasteiger partial charge in [-0.15, -0.1) is 0 Å². The molecule has 1 saturated heterocycles. The maximum atomic E-state index is 5.52. The van der Waals surface area contributed by atoms with Gasteiger partial charge in [0, 0.05) is 25.4 Å². The predicted molar refractivity (Wildman–Crippen MR) is 49.2 cm³/mol. The van der Waals surface area contributed by atoms with E-state index in [0.29, 0.717) is 5.88 Å². The lowest BCUT2D eigenvalue weighted by Crippen LogP contribution is -2.48. The molecule has 3 nitrogen and oxygen atoms in total. The molecule has 0 amide bonds. The number of nitrogens with zero attached hydrogens (tertiary/aromatic N) is 2. The Kier molecular flexibility index (Phi) is 2.19. The number of pyridine rings is 1.